The smallest absolute Gasteiger partial charge is 0.338 e. The average Bonchev–Trinajstić information content (AvgIpc) is 2.35. The van der Waals surface area contributed by atoms with Gasteiger partial charge in [0.1, 0.15) is 0 Å². The second kappa shape index (κ2) is 5.89. The van der Waals surface area contributed by atoms with E-state index in [1.54, 1.807) is 18.2 Å². The van der Waals surface area contributed by atoms with Crippen LogP contribution in [-0.4, -0.2) is 26.2 Å². The second-order valence-corrected chi connectivity index (χ2v) is 3.44. The maximum atomic E-state index is 11.5. The summed E-state index contributed by atoms with van der Waals surface area (Å²) in [6, 6.07) is 4.97. The number of anilines is 1. The molecule has 0 aromatic heterocycles. The fourth-order valence-electron chi connectivity index (χ4n) is 1.51. The van der Waals surface area contributed by atoms with Crippen LogP contribution in [0.1, 0.15) is 22.3 Å². The normalized spacial score (nSPS) is 9.76. The van der Waals surface area contributed by atoms with E-state index in [-0.39, 0.29) is 12.4 Å². The maximum Gasteiger partial charge on any atom is 0.338 e. The average molecular weight is 237 g/mol. The number of methoxy groups -OCH3 is 2. The molecule has 0 atom stereocenters. The summed E-state index contributed by atoms with van der Waals surface area (Å²) in [7, 11) is 2.62. The Labute approximate surface area is 99.5 Å². The van der Waals surface area contributed by atoms with Crippen molar-refractivity contribution in [3.63, 3.8) is 0 Å². The molecule has 2 N–H and O–H groups in total. The summed E-state index contributed by atoms with van der Waals surface area (Å²) in [5.74, 6) is -0.804. The van der Waals surface area contributed by atoms with Gasteiger partial charge >= 0.3 is 11.9 Å². The van der Waals surface area contributed by atoms with Crippen LogP contribution in [0.5, 0.6) is 0 Å². The van der Waals surface area contributed by atoms with E-state index in [0.29, 0.717) is 23.2 Å². The first kappa shape index (κ1) is 13.0. The molecule has 5 nitrogen and oxygen atoms in total. The molecular weight excluding hydrogens is 222 g/mol. The summed E-state index contributed by atoms with van der Waals surface area (Å²) < 4.78 is 9.20. The molecule has 0 amide bonds. The number of nitrogens with two attached hydrogens (primary N) is 1. The van der Waals surface area contributed by atoms with Crippen molar-refractivity contribution in [3.05, 3.63) is 29.3 Å². The molecule has 1 aromatic rings. The van der Waals surface area contributed by atoms with E-state index in [1.165, 1.54) is 14.2 Å². The quantitative estimate of drug-likeness (QED) is 0.628. The minimum Gasteiger partial charge on any atom is -0.469 e. The molecule has 0 aliphatic rings. The van der Waals surface area contributed by atoms with E-state index in [9.17, 15) is 9.59 Å². The van der Waals surface area contributed by atoms with Gasteiger partial charge in [-0.2, -0.15) is 0 Å². The molecule has 5 heteroatoms. The van der Waals surface area contributed by atoms with Crippen molar-refractivity contribution in [3.8, 4) is 0 Å². The molecule has 92 valence electrons. The minimum absolute atomic E-state index is 0.175. The van der Waals surface area contributed by atoms with E-state index < -0.39 is 5.97 Å². The van der Waals surface area contributed by atoms with Gasteiger partial charge in [-0.05, 0) is 24.1 Å². The Balaban J connectivity index is 2.95. The zero-order valence-corrected chi connectivity index (χ0v) is 9.86. The fraction of sp³-hybridized carbons (Fsp3) is 0.333. The largest absolute Gasteiger partial charge is 0.469 e. The van der Waals surface area contributed by atoms with Gasteiger partial charge in [0.25, 0.3) is 0 Å². The Morgan fingerprint density at radius 1 is 1.24 bits per heavy atom. The van der Waals surface area contributed by atoms with Crippen LogP contribution in [0.4, 0.5) is 5.69 Å². The third-order valence-corrected chi connectivity index (χ3v) is 2.42. The Bertz CT molecular complexity index is 429. The lowest BCUT2D eigenvalue weighted by molar-refractivity contribution is -0.140. The molecule has 0 heterocycles. The predicted molar refractivity (Wildman–Crippen MR) is 62.5 cm³/mol. The van der Waals surface area contributed by atoms with Crippen LogP contribution in [0.2, 0.25) is 0 Å². The van der Waals surface area contributed by atoms with Crippen molar-refractivity contribution in [2.24, 2.45) is 0 Å². The summed E-state index contributed by atoms with van der Waals surface area (Å²) in [4.78, 5) is 22.6. The van der Waals surface area contributed by atoms with Crippen molar-refractivity contribution in [1.82, 2.24) is 0 Å². The van der Waals surface area contributed by atoms with E-state index in [1.807, 2.05) is 0 Å². The number of hydrogen-bond donors (Lipinski definition) is 1. The first-order chi connectivity index (χ1) is 8.10. The highest BCUT2D eigenvalue weighted by atomic mass is 16.5. The van der Waals surface area contributed by atoms with Gasteiger partial charge in [0.05, 0.1) is 19.8 Å². The van der Waals surface area contributed by atoms with Gasteiger partial charge in [-0.1, -0.05) is 6.07 Å². The number of carbonyl (C=O) groups is 2. The molecule has 0 spiro atoms. The monoisotopic (exact) mass is 237 g/mol. The van der Waals surface area contributed by atoms with E-state index in [4.69, 9.17) is 5.73 Å². The fourth-order valence-corrected chi connectivity index (χ4v) is 1.51. The van der Waals surface area contributed by atoms with Gasteiger partial charge in [-0.25, -0.2) is 4.79 Å². The first-order valence-electron chi connectivity index (χ1n) is 5.12. The third kappa shape index (κ3) is 3.21. The molecule has 0 fully saturated rings. The Hall–Kier alpha value is -2.04. The van der Waals surface area contributed by atoms with Crippen molar-refractivity contribution >= 4 is 17.6 Å². The van der Waals surface area contributed by atoms with Gasteiger partial charge in [-0.15, -0.1) is 0 Å². The molecule has 0 aliphatic carbocycles. The van der Waals surface area contributed by atoms with Crippen LogP contribution in [-0.2, 0) is 20.7 Å². The Kier molecular flexibility index (Phi) is 4.51. The zero-order chi connectivity index (χ0) is 12.8. The predicted octanol–water partition coefficient (Wildman–Crippen LogP) is 1.16. The van der Waals surface area contributed by atoms with Crippen LogP contribution in [0.3, 0.4) is 0 Å². The SMILES string of the molecule is COC(=O)CCc1c(N)cccc1C(=O)OC. The van der Waals surface area contributed by atoms with E-state index in [0.717, 1.165) is 0 Å². The number of nitrogen functional groups attached to an aromatic ring is 1. The molecule has 1 rings (SSSR count). The van der Waals surface area contributed by atoms with E-state index >= 15 is 0 Å². The number of benzene rings is 1. The lowest BCUT2D eigenvalue weighted by Crippen LogP contribution is -2.10. The van der Waals surface area contributed by atoms with Gasteiger partial charge < -0.3 is 15.2 Å². The third-order valence-electron chi connectivity index (χ3n) is 2.42. The van der Waals surface area contributed by atoms with Crippen molar-refractivity contribution in [2.45, 2.75) is 12.8 Å². The highest BCUT2D eigenvalue weighted by Crippen LogP contribution is 2.20. The topological polar surface area (TPSA) is 78.6 Å². The van der Waals surface area contributed by atoms with Gasteiger partial charge in [0.15, 0.2) is 0 Å². The van der Waals surface area contributed by atoms with Crippen LogP contribution in [0, 0.1) is 0 Å². The van der Waals surface area contributed by atoms with Crippen LogP contribution < -0.4 is 5.73 Å². The standard InChI is InChI=1S/C12H15NO4/c1-16-11(14)7-6-8-9(12(15)17-2)4-3-5-10(8)13/h3-5H,6-7,13H2,1-2H3. The summed E-state index contributed by atoms with van der Waals surface area (Å²) >= 11 is 0. The Morgan fingerprint density at radius 3 is 2.53 bits per heavy atom. The summed E-state index contributed by atoms with van der Waals surface area (Å²) in [6.45, 7) is 0. The molecule has 0 radical (unpaired) electrons. The van der Waals surface area contributed by atoms with Crippen LogP contribution >= 0.6 is 0 Å². The summed E-state index contributed by atoms with van der Waals surface area (Å²) in [5.41, 5.74) is 7.25. The maximum absolute atomic E-state index is 11.5. The lowest BCUT2D eigenvalue weighted by Gasteiger charge is -2.10. The van der Waals surface area contributed by atoms with Gasteiger partial charge in [0.2, 0.25) is 0 Å². The van der Waals surface area contributed by atoms with Crippen molar-refractivity contribution in [1.29, 1.82) is 0 Å². The second-order valence-electron chi connectivity index (χ2n) is 3.44. The summed E-state index contributed by atoms with van der Waals surface area (Å²) in [5, 5.41) is 0. The summed E-state index contributed by atoms with van der Waals surface area (Å²) in [6.07, 6.45) is 0.526. The number of hydrogen-bond acceptors (Lipinski definition) is 5. The zero-order valence-electron chi connectivity index (χ0n) is 9.86. The first-order valence-corrected chi connectivity index (χ1v) is 5.12. The molecule has 1 aromatic carbocycles. The van der Waals surface area contributed by atoms with Gasteiger partial charge in [0, 0.05) is 12.1 Å². The van der Waals surface area contributed by atoms with Crippen LogP contribution in [0.15, 0.2) is 18.2 Å². The molecule has 0 saturated heterocycles. The molecule has 0 unspecified atom stereocenters. The van der Waals surface area contributed by atoms with Crippen molar-refractivity contribution in [2.75, 3.05) is 20.0 Å². The molecule has 0 aliphatic heterocycles. The number of ether oxygens (including phenoxy) is 2. The van der Waals surface area contributed by atoms with Crippen molar-refractivity contribution < 1.29 is 19.1 Å². The number of esters is 2. The molecule has 17 heavy (non-hydrogen) atoms. The number of carbonyl (C=O) groups excluding carboxylic acids is 2. The highest BCUT2D eigenvalue weighted by molar-refractivity contribution is 5.92. The van der Waals surface area contributed by atoms with Crippen LogP contribution in [0.25, 0.3) is 0 Å². The molecular formula is C12H15NO4. The molecule has 0 bridgehead atoms. The number of rotatable bonds is 4. The lowest BCUT2D eigenvalue weighted by atomic mass is 10.0. The van der Waals surface area contributed by atoms with Gasteiger partial charge in [-0.3, -0.25) is 4.79 Å². The minimum atomic E-state index is -0.461. The van der Waals surface area contributed by atoms with E-state index in [2.05, 4.69) is 9.47 Å². The Morgan fingerprint density at radius 2 is 1.94 bits per heavy atom. The molecule has 0 saturated carbocycles. The highest BCUT2D eigenvalue weighted by Gasteiger charge is 2.15.